The fourth-order valence-electron chi connectivity index (χ4n) is 5.86. The van der Waals surface area contributed by atoms with Gasteiger partial charge in [0.15, 0.2) is 31.3 Å². The van der Waals surface area contributed by atoms with Gasteiger partial charge in [0.1, 0.15) is 0 Å². The molecule has 3 atom stereocenters. The third kappa shape index (κ3) is 6.04. The molecule has 0 spiro atoms. The van der Waals surface area contributed by atoms with Gasteiger partial charge in [-0.15, -0.1) is 0 Å². The molecular weight excluding hydrogens is 496 g/mol. The van der Waals surface area contributed by atoms with E-state index in [0.29, 0.717) is 17.4 Å². The number of phenols is 2. The van der Waals surface area contributed by atoms with Crippen molar-refractivity contribution in [3.63, 3.8) is 0 Å². The van der Waals surface area contributed by atoms with Crippen molar-refractivity contribution in [1.29, 1.82) is 0 Å². The SMILES string of the molecule is COc1cc(CCC[Si](C)(C)C2(C)CC[Si@@](C)(C(C)(C)C(C)Cc3ccc(O)c(OC)c3)O2)ccc1O. The predicted octanol–water partition coefficient (Wildman–Crippen LogP) is 7.71. The van der Waals surface area contributed by atoms with E-state index < -0.39 is 16.4 Å². The molecule has 0 bridgehead atoms. The van der Waals surface area contributed by atoms with Crippen LogP contribution in [0.1, 0.15) is 51.7 Å². The lowest BCUT2D eigenvalue weighted by molar-refractivity contribution is 0.165. The maximum absolute atomic E-state index is 9.99. The number of methoxy groups -OCH3 is 2. The molecule has 1 fully saturated rings. The van der Waals surface area contributed by atoms with E-state index in [9.17, 15) is 10.2 Å². The van der Waals surface area contributed by atoms with E-state index in [1.165, 1.54) is 23.2 Å². The van der Waals surface area contributed by atoms with Crippen molar-refractivity contribution in [2.24, 2.45) is 5.92 Å². The minimum Gasteiger partial charge on any atom is -0.504 e. The van der Waals surface area contributed by atoms with Gasteiger partial charge in [-0.2, -0.15) is 0 Å². The smallest absolute Gasteiger partial charge is 0.196 e. The first-order valence-corrected chi connectivity index (χ1v) is 19.4. The van der Waals surface area contributed by atoms with Crippen LogP contribution in [0, 0.1) is 5.92 Å². The number of rotatable bonds is 11. The average Bonchev–Trinajstić information content (AvgIpc) is 3.19. The van der Waals surface area contributed by atoms with Crippen molar-refractivity contribution < 1.29 is 24.1 Å². The predicted molar refractivity (Wildman–Crippen MR) is 157 cm³/mol. The Balaban J connectivity index is 1.67. The normalized spacial score (nSPS) is 23.2. The molecule has 3 rings (SSSR count). The highest BCUT2D eigenvalue weighted by Gasteiger charge is 2.59. The summed E-state index contributed by atoms with van der Waals surface area (Å²) >= 11 is 0. The highest BCUT2D eigenvalue weighted by Crippen LogP contribution is 2.56. The number of benzene rings is 2. The second-order valence-electron chi connectivity index (χ2n) is 12.6. The lowest BCUT2D eigenvalue weighted by Crippen LogP contribution is -2.56. The van der Waals surface area contributed by atoms with Crippen molar-refractivity contribution in [3.05, 3.63) is 47.5 Å². The summed E-state index contributed by atoms with van der Waals surface area (Å²) in [5, 5.41) is 20.0. The topological polar surface area (TPSA) is 68.2 Å². The quantitative estimate of drug-likeness (QED) is 0.284. The van der Waals surface area contributed by atoms with Crippen LogP contribution in [0.15, 0.2) is 36.4 Å². The molecule has 0 radical (unpaired) electrons. The number of aryl methyl sites for hydroxylation is 1. The van der Waals surface area contributed by atoms with Crippen LogP contribution in [0.5, 0.6) is 23.0 Å². The zero-order valence-electron chi connectivity index (χ0n) is 24.4. The van der Waals surface area contributed by atoms with Gasteiger partial charge in [0.25, 0.3) is 0 Å². The fraction of sp³-hybridized carbons (Fsp3) is 0.600. The number of hydrogen-bond donors (Lipinski definition) is 2. The minimum atomic E-state index is -2.02. The summed E-state index contributed by atoms with van der Waals surface area (Å²) in [6, 6.07) is 13.8. The van der Waals surface area contributed by atoms with Gasteiger partial charge < -0.3 is 24.1 Å². The molecule has 1 heterocycles. The van der Waals surface area contributed by atoms with E-state index in [1.54, 1.807) is 26.4 Å². The van der Waals surface area contributed by atoms with Gasteiger partial charge in [-0.05, 0) is 85.1 Å². The number of hydrogen-bond acceptors (Lipinski definition) is 5. The minimum absolute atomic E-state index is 0.0145. The Morgan fingerprint density at radius 2 is 1.57 bits per heavy atom. The second-order valence-corrected chi connectivity index (χ2v) is 22.4. The zero-order valence-corrected chi connectivity index (χ0v) is 26.4. The van der Waals surface area contributed by atoms with Crippen LogP contribution in [0.25, 0.3) is 0 Å². The number of phenolic OH excluding ortho intramolecular Hbond substituents is 2. The second kappa shape index (κ2) is 11.0. The fourth-order valence-corrected chi connectivity index (χ4v) is 14.5. The van der Waals surface area contributed by atoms with E-state index in [-0.39, 0.29) is 21.8 Å². The van der Waals surface area contributed by atoms with Crippen LogP contribution in [-0.4, -0.2) is 46.0 Å². The Kier molecular flexibility index (Phi) is 8.82. The molecule has 2 aromatic rings. The van der Waals surface area contributed by atoms with Gasteiger partial charge in [0.2, 0.25) is 0 Å². The first-order chi connectivity index (χ1) is 17.2. The van der Waals surface area contributed by atoms with Gasteiger partial charge in [0.05, 0.1) is 22.3 Å². The Bertz CT molecular complexity index is 1090. The first kappa shape index (κ1) is 29.6. The van der Waals surface area contributed by atoms with Crippen LogP contribution in [0.2, 0.25) is 36.8 Å². The summed E-state index contributed by atoms with van der Waals surface area (Å²) in [7, 11) is -0.517. The van der Waals surface area contributed by atoms with E-state index >= 15 is 0 Å². The Hall–Kier alpha value is -1.97. The van der Waals surface area contributed by atoms with Crippen molar-refractivity contribution in [2.75, 3.05) is 14.2 Å². The van der Waals surface area contributed by atoms with Gasteiger partial charge >= 0.3 is 0 Å². The maximum atomic E-state index is 9.99. The van der Waals surface area contributed by atoms with Crippen LogP contribution in [-0.2, 0) is 17.3 Å². The average molecular weight is 545 g/mol. The number of aromatic hydroxyl groups is 2. The molecular formula is C30H48O5Si2. The van der Waals surface area contributed by atoms with Gasteiger partial charge in [-0.25, -0.2) is 0 Å². The summed E-state index contributed by atoms with van der Waals surface area (Å²) in [6.07, 6.45) is 4.19. The molecule has 5 nitrogen and oxygen atoms in total. The molecule has 0 amide bonds. The summed E-state index contributed by atoms with van der Waals surface area (Å²) in [6.45, 7) is 17.0. The van der Waals surface area contributed by atoms with Crippen molar-refractivity contribution in [1.82, 2.24) is 0 Å². The first-order valence-electron chi connectivity index (χ1n) is 13.6. The lowest BCUT2D eigenvalue weighted by Gasteiger charge is -2.48. The standard InChI is InChI=1S/C30H48O5Si2/c1-22(19-24-13-15-26(32)28(21-24)34-6)29(2,3)37(9)18-16-30(4,35-37)36(7,8)17-10-11-23-12-14-25(31)27(20-23)33-5/h12-15,20-22,31-32H,10-11,16-19H2,1-9H3/t22?,30?,37-/m0/s1. The van der Waals surface area contributed by atoms with Crippen LogP contribution >= 0.6 is 0 Å². The monoisotopic (exact) mass is 544 g/mol. The van der Waals surface area contributed by atoms with Crippen LogP contribution < -0.4 is 9.47 Å². The molecule has 0 aromatic heterocycles. The molecule has 0 saturated carbocycles. The molecule has 37 heavy (non-hydrogen) atoms. The van der Waals surface area contributed by atoms with Crippen molar-refractivity contribution in [3.8, 4) is 23.0 Å². The molecule has 206 valence electrons. The maximum Gasteiger partial charge on any atom is 0.196 e. The van der Waals surface area contributed by atoms with Crippen molar-refractivity contribution >= 4 is 16.4 Å². The van der Waals surface area contributed by atoms with E-state index in [2.05, 4.69) is 47.3 Å². The summed E-state index contributed by atoms with van der Waals surface area (Å²) in [5.41, 5.74) is 2.39. The largest absolute Gasteiger partial charge is 0.504 e. The summed E-state index contributed by atoms with van der Waals surface area (Å²) in [4.78, 5) is 0. The molecule has 7 heteroatoms. The zero-order chi connectivity index (χ0) is 27.6. The van der Waals surface area contributed by atoms with E-state index in [1.807, 2.05) is 24.3 Å². The molecule has 1 aliphatic heterocycles. The van der Waals surface area contributed by atoms with Crippen LogP contribution in [0.4, 0.5) is 0 Å². The molecule has 2 N–H and O–H groups in total. The Morgan fingerprint density at radius 3 is 2.14 bits per heavy atom. The van der Waals surface area contributed by atoms with Crippen LogP contribution in [0.3, 0.4) is 0 Å². The van der Waals surface area contributed by atoms with E-state index in [0.717, 1.165) is 25.7 Å². The Morgan fingerprint density at radius 1 is 1.03 bits per heavy atom. The molecule has 1 aliphatic rings. The third-order valence-corrected chi connectivity index (χ3v) is 20.2. The molecule has 2 unspecified atom stereocenters. The van der Waals surface area contributed by atoms with Gasteiger partial charge in [-0.1, -0.05) is 58.5 Å². The summed E-state index contributed by atoms with van der Waals surface area (Å²) < 4.78 is 17.9. The highest BCUT2D eigenvalue weighted by atomic mass is 28.4. The molecule has 0 aliphatic carbocycles. The van der Waals surface area contributed by atoms with Crippen molar-refractivity contribution in [2.45, 2.75) is 95.4 Å². The molecule has 2 aromatic carbocycles. The highest BCUT2D eigenvalue weighted by molar-refractivity contribution is 6.84. The van der Waals surface area contributed by atoms with E-state index in [4.69, 9.17) is 13.9 Å². The lowest BCUT2D eigenvalue weighted by atomic mass is 9.90. The summed E-state index contributed by atoms with van der Waals surface area (Å²) in [5.74, 6) is 1.90. The van der Waals surface area contributed by atoms with Gasteiger partial charge in [-0.3, -0.25) is 0 Å². The third-order valence-electron chi connectivity index (χ3n) is 9.85. The van der Waals surface area contributed by atoms with Gasteiger partial charge in [0, 0.05) is 5.22 Å². The number of ether oxygens (including phenoxy) is 2. The molecule has 1 saturated heterocycles. The Labute approximate surface area is 226 Å².